The average molecular weight is 302 g/mol. The summed E-state index contributed by atoms with van der Waals surface area (Å²) >= 11 is 0. The van der Waals surface area contributed by atoms with Crippen LogP contribution in [0.1, 0.15) is 17.2 Å². The minimum Gasteiger partial charge on any atom is -0.352 e. The topological polar surface area (TPSA) is 97.1 Å². The second-order valence-corrected chi connectivity index (χ2v) is 4.55. The molecule has 0 fully saturated rings. The number of hydrogen-bond donors (Lipinski definition) is 3. The lowest BCUT2D eigenvalue weighted by Crippen LogP contribution is -2.40. The van der Waals surface area contributed by atoms with Crippen molar-refractivity contribution in [1.29, 1.82) is 0 Å². The highest BCUT2D eigenvalue weighted by molar-refractivity contribution is 5.83. The largest absolute Gasteiger partial charge is 0.352 e. The number of pyridine rings is 1. The Bertz CT molecular complexity index is 646. The molecule has 1 unspecified atom stereocenters. The van der Waals surface area contributed by atoms with Crippen molar-refractivity contribution in [3.05, 3.63) is 65.7 Å². The summed E-state index contributed by atoms with van der Waals surface area (Å²) in [5.41, 5.74) is 6.42. The summed E-state index contributed by atoms with van der Waals surface area (Å²) in [5, 5.41) is 4.98. The molecule has 0 aliphatic rings. The van der Waals surface area contributed by atoms with Gasteiger partial charge in [-0.2, -0.15) is 0 Å². The molecule has 4 N–H and O–H groups in total. The lowest BCUT2D eigenvalue weighted by atomic mass is 9.99. The second-order valence-electron chi connectivity index (χ2n) is 4.55. The second kappa shape index (κ2) is 7.16. The van der Waals surface area contributed by atoms with Gasteiger partial charge in [-0.15, -0.1) is 0 Å². The van der Waals surface area contributed by atoms with E-state index in [1.807, 2.05) is 0 Å². The van der Waals surface area contributed by atoms with Crippen LogP contribution in [0, 0.1) is 5.82 Å². The molecule has 0 saturated heterocycles. The zero-order valence-corrected chi connectivity index (χ0v) is 11.6. The number of urea groups is 1. The molecule has 6 nitrogen and oxygen atoms in total. The third-order valence-electron chi connectivity index (χ3n) is 2.97. The number of carbonyl (C=O) groups is 2. The SMILES string of the molecule is NC(=O)NCC(=O)NC(c1ccncc1)c1ccc(F)cc1. The summed E-state index contributed by atoms with van der Waals surface area (Å²) < 4.78 is 13.1. The molecule has 0 saturated carbocycles. The van der Waals surface area contributed by atoms with Gasteiger partial charge in [0.25, 0.3) is 0 Å². The smallest absolute Gasteiger partial charge is 0.312 e. The summed E-state index contributed by atoms with van der Waals surface area (Å²) in [6, 6.07) is 8.04. The van der Waals surface area contributed by atoms with E-state index >= 15 is 0 Å². The Labute approximate surface area is 126 Å². The number of amides is 3. The van der Waals surface area contributed by atoms with Crippen molar-refractivity contribution in [2.24, 2.45) is 5.73 Å². The van der Waals surface area contributed by atoms with Crippen LogP contribution in [-0.4, -0.2) is 23.5 Å². The summed E-state index contributed by atoms with van der Waals surface area (Å²) in [5.74, 6) is -0.774. The number of carbonyl (C=O) groups excluding carboxylic acids is 2. The molecule has 0 radical (unpaired) electrons. The van der Waals surface area contributed by atoms with Crippen molar-refractivity contribution in [3.63, 3.8) is 0 Å². The summed E-state index contributed by atoms with van der Waals surface area (Å²) in [4.78, 5) is 26.5. The van der Waals surface area contributed by atoms with Crippen LogP contribution in [0.5, 0.6) is 0 Å². The minimum atomic E-state index is -0.780. The number of halogens is 1. The van der Waals surface area contributed by atoms with Crippen LogP contribution >= 0.6 is 0 Å². The molecule has 114 valence electrons. The van der Waals surface area contributed by atoms with Gasteiger partial charge in [0.05, 0.1) is 12.6 Å². The maximum atomic E-state index is 13.1. The predicted octanol–water partition coefficient (Wildman–Crippen LogP) is 1.09. The molecule has 2 aromatic rings. The fourth-order valence-electron chi connectivity index (χ4n) is 1.95. The Balaban J connectivity index is 2.21. The molecule has 2 rings (SSSR count). The van der Waals surface area contributed by atoms with Crippen molar-refractivity contribution in [1.82, 2.24) is 15.6 Å². The predicted molar refractivity (Wildman–Crippen MR) is 78.2 cm³/mol. The van der Waals surface area contributed by atoms with Gasteiger partial charge in [0.1, 0.15) is 5.82 Å². The number of nitrogens with two attached hydrogens (primary N) is 1. The minimum absolute atomic E-state index is 0.238. The van der Waals surface area contributed by atoms with Gasteiger partial charge in [-0.3, -0.25) is 9.78 Å². The number of benzene rings is 1. The number of hydrogen-bond acceptors (Lipinski definition) is 3. The first-order valence-corrected chi connectivity index (χ1v) is 6.54. The van der Waals surface area contributed by atoms with E-state index in [-0.39, 0.29) is 12.4 Å². The molecule has 1 atom stereocenters. The molecule has 0 bridgehead atoms. The first-order valence-electron chi connectivity index (χ1n) is 6.54. The van der Waals surface area contributed by atoms with Gasteiger partial charge in [-0.05, 0) is 35.4 Å². The highest BCUT2D eigenvalue weighted by atomic mass is 19.1. The molecule has 1 aromatic carbocycles. The Hall–Kier alpha value is -2.96. The van der Waals surface area contributed by atoms with E-state index in [9.17, 15) is 14.0 Å². The van der Waals surface area contributed by atoms with Crippen LogP contribution in [-0.2, 0) is 4.79 Å². The van der Waals surface area contributed by atoms with E-state index in [2.05, 4.69) is 15.6 Å². The molecular formula is C15H15FN4O2. The van der Waals surface area contributed by atoms with Gasteiger partial charge >= 0.3 is 6.03 Å². The zero-order chi connectivity index (χ0) is 15.9. The highest BCUT2D eigenvalue weighted by Gasteiger charge is 2.17. The summed E-state index contributed by atoms with van der Waals surface area (Å²) in [7, 11) is 0. The fourth-order valence-corrected chi connectivity index (χ4v) is 1.95. The number of primary amides is 1. The van der Waals surface area contributed by atoms with E-state index < -0.39 is 18.0 Å². The molecule has 0 aliphatic heterocycles. The summed E-state index contributed by atoms with van der Waals surface area (Å²) in [6.07, 6.45) is 3.19. The quantitative estimate of drug-likeness (QED) is 0.771. The average Bonchev–Trinajstić information content (AvgIpc) is 2.52. The van der Waals surface area contributed by atoms with Crippen molar-refractivity contribution >= 4 is 11.9 Å². The Kier molecular flexibility index (Phi) is 5.02. The lowest BCUT2D eigenvalue weighted by molar-refractivity contribution is -0.120. The van der Waals surface area contributed by atoms with Crippen LogP contribution < -0.4 is 16.4 Å². The van der Waals surface area contributed by atoms with Crippen LogP contribution in [0.15, 0.2) is 48.8 Å². The van der Waals surface area contributed by atoms with Crippen molar-refractivity contribution in [2.75, 3.05) is 6.54 Å². The normalized spacial score (nSPS) is 11.5. The van der Waals surface area contributed by atoms with Gasteiger partial charge in [0.2, 0.25) is 5.91 Å². The molecular weight excluding hydrogens is 287 g/mol. The van der Waals surface area contributed by atoms with E-state index in [4.69, 9.17) is 5.73 Å². The summed E-state index contributed by atoms with van der Waals surface area (Å²) in [6.45, 7) is -0.238. The Morgan fingerprint density at radius 3 is 2.27 bits per heavy atom. The van der Waals surface area contributed by atoms with Crippen molar-refractivity contribution in [3.8, 4) is 0 Å². The van der Waals surface area contributed by atoms with Gasteiger partial charge in [0.15, 0.2) is 0 Å². The molecule has 0 spiro atoms. The Morgan fingerprint density at radius 1 is 1.09 bits per heavy atom. The van der Waals surface area contributed by atoms with Gasteiger partial charge < -0.3 is 16.4 Å². The van der Waals surface area contributed by atoms with Gasteiger partial charge in [-0.1, -0.05) is 12.1 Å². The third kappa shape index (κ3) is 4.27. The maximum Gasteiger partial charge on any atom is 0.312 e. The van der Waals surface area contributed by atoms with Crippen LogP contribution in [0.2, 0.25) is 0 Å². The van der Waals surface area contributed by atoms with E-state index in [1.54, 1.807) is 36.7 Å². The first-order chi connectivity index (χ1) is 10.6. The molecule has 0 aliphatic carbocycles. The van der Waals surface area contributed by atoms with Crippen LogP contribution in [0.4, 0.5) is 9.18 Å². The molecule has 1 aromatic heterocycles. The Morgan fingerprint density at radius 2 is 1.68 bits per heavy atom. The first kappa shape index (κ1) is 15.4. The number of aromatic nitrogens is 1. The highest BCUT2D eigenvalue weighted by Crippen LogP contribution is 2.21. The van der Waals surface area contributed by atoms with Crippen molar-refractivity contribution in [2.45, 2.75) is 6.04 Å². The van der Waals surface area contributed by atoms with Crippen molar-refractivity contribution < 1.29 is 14.0 Å². The van der Waals surface area contributed by atoms with Gasteiger partial charge in [-0.25, -0.2) is 9.18 Å². The van der Waals surface area contributed by atoms with Crippen LogP contribution in [0.3, 0.4) is 0 Å². The third-order valence-corrected chi connectivity index (χ3v) is 2.97. The van der Waals surface area contributed by atoms with E-state index in [1.165, 1.54) is 12.1 Å². The van der Waals surface area contributed by atoms with E-state index in [0.29, 0.717) is 5.56 Å². The number of nitrogens with zero attached hydrogens (tertiary/aromatic N) is 1. The fraction of sp³-hybridized carbons (Fsp3) is 0.133. The lowest BCUT2D eigenvalue weighted by Gasteiger charge is -2.19. The van der Waals surface area contributed by atoms with Crippen LogP contribution in [0.25, 0.3) is 0 Å². The zero-order valence-electron chi connectivity index (χ0n) is 11.6. The number of rotatable bonds is 5. The standard InChI is InChI=1S/C15H15FN4O2/c16-12-3-1-10(2-4-12)14(11-5-7-18-8-6-11)20-13(21)9-19-15(17)22/h1-8,14H,9H2,(H,20,21)(H3,17,19,22). The molecule has 3 amide bonds. The molecule has 22 heavy (non-hydrogen) atoms. The monoisotopic (exact) mass is 302 g/mol. The van der Waals surface area contributed by atoms with E-state index in [0.717, 1.165) is 5.56 Å². The van der Waals surface area contributed by atoms with Gasteiger partial charge in [0, 0.05) is 12.4 Å². The number of nitrogens with one attached hydrogen (secondary N) is 2. The molecule has 1 heterocycles. The maximum absolute atomic E-state index is 13.1. The molecule has 7 heteroatoms.